The summed E-state index contributed by atoms with van der Waals surface area (Å²) in [7, 11) is 0. The number of nitrogens with zero attached hydrogens (tertiary/aromatic N) is 1. The third-order valence-corrected chi connectivity index (χ3v) is 3.17. The molecule has 0 bridgehead atoms. The molecular formula is C13H22N2O. The van der Waals surface area contributed by atoms with Gasteiger partial charge in [-0.05, 0) is 45.0 Å². The predicted molar refractivity (Wildman–Crippen MR) is 65.4 cm³/mol. The van der Waals surface area contributed by atoms with E-state index in [0.717, 1.165) is 31.2 Å². The Balaban J connectivity index is 1.85. The molecule has 1 aromatic rings. The number of nitrogens with one attached hydrogen (secondary N) is 1. The summed E-state index contributed by atoms with van der Waals surface area (Å²) in [6, 6.07) is 4.79. The Morgan fingerprint density at radius 1 is 1.50 bits per heavy atom. The second kappa shape index (κ2) is 5.51. The maximum absolute atomic E-state index is 5.62. The molecule has 0 radical (unpaired) electrons. The quantitative estimate of drug-likeness (QED) is 0.846. The second-order valence-electron chi connectivity index (χ2n) is 4.64. The summed E-state index contributed by atoms with van der Waals surface area (Å²) >= 11 is 0. The highest BCUT2D eigenvalue weighted by Gasteiger charge is 2.19. The van der Waals surface area contributed by atoms with E-state index in [9.17, 15) is 0 Å². The molecule has 1 unspecified atom stereocenters. The van der Waals surface area contributed by atoms with Crippen LogP contribution in [0.1, 0.15) is 31.3 Å². The summed E-state index contributed by atoms with van der Waals surface area (Å²) in [6.07, 6.45) is 2.60. The van der Waals surface area contributed by atoms with Crippen LogP contribution in [-0.4, -0.2) is 30.6 Å². The predicted octanol–water partition coefficient (Wildman–Crippen LogP) is 2.16. The van der Waals surface area contributed by atoms with E-state index in [1.54, 1.807) is 0 Å². The smallest absolute Gasteiger partial charge is 0.118 e. The van der Waals surface area contributed by atoms with Gasteiger partial charge in [-0.2, -0.15) is 0 Å². The van der Waals surface area contributed by atoms with Crippen molar-refractivity contribution in [2.75, 3.05) is 19.6 Å². The number of likely N-dealkylation sites (N-methyl/N-ethyl adjacent to an activating group) is 1. The van der Waals surface area contributed by atoms with Crippen molar-refractivity contribution in [3.8, 4) is 0 Å². The molecular weight excluding hydrogens is 200 g/mol. The van der Waals surface area contributed by atoms with Gasteiger partial charge >= 0.3 is 0 Å². The molecule has 16 heavy (non-hydrogen) atoms. The lowest BCUT2D eigenvalue weighted by atomic mass is 10.1. The first-order valence-corrected chi connectivity index (χ1v) is 6.29. The highest BCUT2D eigenvalue weighted by molar-refractivity contribution is 5.05. The van der Waals surface area contributed by atoms with Gasteiger partial charge in [0.25, 0.3) is 0 Å². The van der Waals surface area contributed by atoms with Crippen LogP contribution in [0, 0.1) is 6.92 Å². The molecule has 0 aliphatic carbocycles. The summed E-state index contributed by atoms with van der Waals surface area (Å²) in [5.74, 6) is 2.10. The van der Waals surface area contributed by atoms with Gasteiger partial charge in [0, 0.05) is 12.6 Å². The highest BCUT2D eigenvalue weighted by atomic mass is 16.3. The fourth-order valence-electron chi connectivity index (χ4n) is 2.44. The molecule has 0 saturated carbocycles. The fourth-order valence-corrected chi connectivity index (χ4v) is 2.44. The summed E-state index contributed by atoms with van der Waals surface area (Å²) in [4.78, 5) is 2.48. The Bertz CT molecular complexity index is 319. The summed E-state index contributed by atoms with van der Waals surface area (Å²) in [5, 5.41) is 3.53. The minimum Gasteiger partial charge on any atom is -0.465 e. The van der Waals surface area contributed by atoms with Crippen LogP contribution in [0.15, 0.2) is 16.5 Å². The van der Waals surface area contributed by atoms with E-state index in [2.05, 4.69) is 23.2 Å². The largest absolute Gasteiger partial charge is 0.465 e. The van der Waals surface area contributed by atoms with Crippen LogP contribution in [0.4, 0.5) is 0 Å². The Labute approximate surface area is 97.8 Å². The SMILES string of the molecule is CCNC1CCCN(Cc2ccc(C)o2)C1. The number of hydrogen-bond acceptors (Lipinski definition) is 3. The summed E-state index contributed by atoms with van der Waals surface area (Å²) in [5.41, 5.74) is 0. The number of aryl methyl sites for hydroxylation is 1. The van der Waals surface area contributed by atoms with Gasteiger partial charge in [-0.1, -0.05) is 6.92 Å². The lowest BCUT2D eigenvalue weighted by molar-refractivity contribution is 0.172. The zero-order valence-corrected chi connectivity index (χ0v) is 10.3. The normalized spacial score (nSPS) is 22.5. The number of likely N-dealkylation sites (tertiary alicyclic amines) is 1. The van der Waals surface area contributed by atoms with E-state index >= 15 is 0 Å². The lowest BCUT2D eigenvalue weighted by Crippen LogP contribution is -2.45. The van der Waals surface area contributed by atoms with Crippen LogP contribution in [0.25, 0.3) is 0 Å². The highest BCUT2D eigenvalue weighted by Crippen LogP contribution is 2.15. The molecule has 2 rings (SSSR count). The first-order chi connectivity index (χ1) is 7.78. The van der Waals surface area contributed by atoms with Crippen LogP contribution >= 0.6 is 0 Å². The van der Waals surface area contributed by atoms with Crippen LogP contribution < -0.4 is 5.32 Å². The van der Waals surface area contributed by atoms with Crippen LogP contribution in [0.2, 0.25) is 0 Å². The summed E-state index contributed by atoms with van der Waals surface area (Å²) < 4.78 is 5.62. The number of rotatable bonds is 4. The van der Waals surface area contributed by atoms with Crippen molar-refractivity contribution < 1.29 is 4.42 Å². The molecule has 1 aliphatic heterocycles. The van der Waals surface area contributed by atoms with E-state index in [4.69, 9.17) is 4.42 Å². The monoisotopic (exact) mass is 222 g/mol. The van der Waals surface area contributed by atoms with Crippen LogP contribution in [0.5, 0.6) is 0 Å². The molecule has 90 valence electrons. The van der Waals surface area contributed by atoms with Gasteiger partial charge in [-0.15, -0.1) is 0 Å². The molecule has 3 heteroatoms. The first-order valence-electron chi connectivity index (χ1n) is 6.29. The van der Waals surface area contributed by atoms with Crippen molar-refractivity contribution in [3.05, 3.63) is 23.7 Å². The Hall–Kier alpha value is -0.800. The van der Waals surface area contributed by atoms with Gasteiger partial charge in [0.2, 0.25) is 0 Å². The van der Waals surface area contributed by atoms with E-state index in [1.165, 1.54) is 19.4 Å². The second-order valence-corrected chi connectivity index (χ2v) is 4.64. The molecule has 3 nitrogen and oxygen atoms in total. The molecule has 1 aliphatic rings. The van der Waals surface area contributed by atoms with Gasteiger partial charge in [0.1, 0.15) is 11.5 Å². The first kappa shape index (κ1) is 11.7. The minimum absolute atomic E-state index is 0.662. The zero-order chi connectivity index (χ0) is 11.4. The maximum atomic E-state index is 5.62. The molecule has 1 N–H and O–H groups in total. The van der Waals surface area contributed by atoms with Gasteiger partial charge in [0.05, 0.1) is 6.54 Å². The van der Waals surface area contributed by atoms with Crippen molar-refractivity contribution in [3.63, 3.8) is 0 Å². The molecule has 0 spiro atoms. The number of piperidine rings is 1. The Morgan fingerprint density at radius 2 is 2.38 bits per heavy atom. The average molecular weight is 222 g/mol. The fraction of sp³-hybridized carbons (Fsp3) is 0.692. The molecule has 1 fully saturated rings. The molecule has 1 atom stereocenters. The van der Waals surface area contributed by atoms with Crippen LogP contribution in [0.3, 0.4) is 0 Å². The molecule has 0 aromatic carbocycles. The van der Waals surface area contributed by atoms with Gasteiger partial charge in [0.15, 0.2) is 0 Å². The Kier molecular flexibility index (Phi) is 4.02. The standard InChI is InChI=1S/C13H22N2O/c1-3-14-12-5-4-8-15(9-12)10-13-7-6-11(2)16-13/h6-7,12,14H,3-5,8-10H2,1-2H3. The topological polar surface area (TPSA) is 28.4 Å². The molecule has 0 amide bonds. The van der Waals surface area contributed by atoms with Crippen molar-refractivity contribution in [1.82, 2.24) is 10.2 Å². The van der Waals surface area contributed by atoms with Crippen LogP contribution in [-0.2, 0) is 6.54 Å². The molecule has 1 aromatic heterocycles. The third-order valence-electron chi connectivity index (χ3n) is 3.17. The molecule has 2 heterocycles. The number of hydrogen-bond donors (Lipinski definition) is 1. The third kappa shape index (κ3) is 3.09. The minimum atomic E-state index is 0.662. The van der Waals surface area contributed by atoms with E-state index in [-0.39, 0.29) is 0 Å². The van der Waals surface area contributed by atoms with Crippen molar-refractivity contribution in [2.24, 2.45) is 0 Å². The van der Waals surface area contributed by atoms with E-state index in [0.29, 0.717) is 6.04 Å². The zero-order valence-electron chi connectivity index (χ0n) is 10.3. The maximum Gasteiger partial charge on any atom is 0.118 e. The van der Waals surface area contributed by atoms with Gasteiger partial charge < -0.3 is 9.73 Å². The lowest BCUT2D eigenvalue weighted by Gasteiger charge is -2.32. The molecule has 1 saturated heterocycles. The summed E-state index contributed by atoms with van der Waals surface area (Å²) in [6.45, 7) is 8.54. The Morgan fingerprint density at radius 3 is 3.06 bits per heavy atom. The van der Waals surface area contributed by atoms with Gasteiger partial charge in [-0.3, -0.25) is 4.90 Å². The average Bonchev–Trinajstić information content (AvgIpc) is 2.65. The van der Waals surface area contributed by atoms with Crippen molar-refractivity contribution >= 4 is 0 Å². The van der Waals surface area contributed by atoms with Crippen molar-refractivity contribution in [1.29, 1.82) is 0 Å². The number of furan rings is 1. The van der Waals surface area contributed by atoms with Crippen molar-refractivity contribution in [2.45, 2.75) is 39.3 Å². The van der Waals surface area contributed by atoms with Gasteiger partial charge in [-0.25, -0.2) is 0 Å². The van der Waals surface area contributed by atoms with E-state index < -0.39 is 0 Å². The van der Waals surface area contributed by atoms with E-state index in [1.807, 2.05) is 13.0 Å².